The Morgan fingerprint density at radius 1 is 1.07 bits per heavy atom. The quantitative estimate of drug-likeness (QED) is 0.563. The monoisotopic (exact) mass is 417 g/mol. The van der Waals surface area contributed by atoms with Crippen LogP contribution >= 0.6 is 23.2 Å². The number of nitrogens with zero attached hydrogens (tertiary/aromatic N) is 3. The van der Waals surface area contributed by atoms with Crippen LogP contribution in [-0.2, 0) is 0 Å². The molecule has 28 heavy (non-hydrogen) atoms. The number of aromatic nitrogens is 2. The SMILES string of the molecule is CC(=O)c1nc(-c2cccc(Cl)c2Cl)c(C)nc1N1CCC2(CCCC2)CC1. The minimum Gasteiger partial charge on any atom is -0.355 e. The van der Waals surface area contributed by atoms with Gasteiger partial charge in [-0.25, -0.2) is 9.97 Å². The summed E-state index contributed by atoms with van der Waals surface area (Å²) in [5, 5.41) is 0.900. The lowest BCUT2D eigenvalue weighted by atomic mass is 9.77. The van der Waals surface area contributed by atoms with E-state index in [0.717, 1.165) is 18.8 Å². The first-order valence-electron chi connectivity index (χ1n) is 9.99. The summed E-state index contributed by atoms with van der Waals surface area (Å²) in [6.45, 7) is 5.33. The second-order valence-corrected chi connectivity index (χ2v) is 8.97. The van der Waals surface area contributed by atoms with Crippen LogP contribution in [0, 0.1) is 12.3 Å². The number of anilines is 1. The molecule has 2 aliphatic rings. The normalized spacial score (nSPS) is 18.6. The fourth-order valence-electron chi connectivity index (χ4n) is 4.72. The van der Waals surface area contributed by atoms with E-state index in [-0.39, 0.29) is 5.78 Å². The van der Waals surface area contributed by atoms with Gasteiger partial charge in [0, 0.05) is 25.6 Å². The van der Waals surface area contributed by atoms with Crippen LogP contribution in [0.2, 0.25) is 10.0 Å². The first-order chi connectivity index (χ1) is 13.4. The molecule has 2 aromatic rings. The third-order valence-electron chi connectivity index (χ3n) is 6.38. The van der Waals surface area contributed by atoms with Crippen molar-refractivity contribution in [1.82, 2.24) is 9.97 Å². The van der Waals surface area contributed by atoms with Gasteiger partial charge in [-0.2, -0.15) is 0 Å². The first-order valence-corrected chi connectivity index (χ1v) is 10.7. The van der Waals surface area contributed by atoms with Crippen molar-refractivity contribution >= 4 is 34.8 Å². The highest BCUT2D eigenvalue weighted by atomic mass is 35.5. The molecule has 0 N–H and O–H groups in total. The Morgan fingerprint density at radius 2 is 1.75 bits per heavy atom. The van der Waals surface area contributed by atoms with Crippen LogP contribution in [0.4, 0.5) is 5.82 Å². The summed E-state index contributed by atoms with van der Waals surface area (Å²) in [7, 11) is 0. The van der Waals surface area contributed by atoms with Crippen molar-refractivity contribution in [3.63, 3.8) is 0 Å². The molecule has 1 aliphatic heterocycles. The molecule has 6 heteroatoms. The van der Waals surface area contributed by atoms with Crippen LogP contribution in [0.15, 0.2) is 18.2 Å². The van der Waals surface area contributed by atoms with Gasteiger partial charge in [0.15, 0.2) is 11.6 Å². The van der Waals surface area contributed by atoms with Gasteiger partial charge in [-0.3, -0.25) is 4.79 Å². The van der Waals surface area contributed by atoms with Crippen molar-refractivity contribution in [2.24, 2.45) is 5.41 Å². The maximum Gasteiger partial charge on any atom is 0.181 e. The standard InChI is InChI=1S/C22H25Cl2N3O/c1-14-19(16-6-5-7-17(23)18(16)24)26-20(15(2)28)21(25-14)27-12-10-22(11-13-27)8-3-4-9-22/h5-7H,3-4,8-13H2,1-2H3. The Morgan fingerprint density at radius 3 is 2.39 bits per heavy atom. The van der Waals surface area contributed by atoms with E-state index in [1.165, 1.54) is 38.5 Å². The number of ketones is 1. The van der Waals surface area contributed by atoms with E-state index in [1.54, 1.807) is 13.0 Å². The van der Waals surface area contributed by atoms with E-state index in [9.17, 15) is 4.79 Å². The molecule has 1 saturated heterocycles. The molecule has 1 aromatic heterocycles. The van der Waals surface area contributed by atoms with Crippen molar-refractivity contribution in [3.8, 4) is 11.3 Å². The summed E-state index contributed by atoms with van der Waals surface area (Å²) in [6.07, 6.45) is 7.74. The van der Waals surface area contributed by atoms with Crippen molar-refractivity contribution in [2.45, 2.75) is 52.4 Å². The van der Waals surface area contributed by atoms with Crippen molar-refractivity contribution in [1.29, 1.82) is 0 Å². The van der Waals surface area contributed by atoms with Crippen LogP contribution in [0.3, 0.4) is 0 Å². The third kappa shape index (κ3) is 3.53. The summed E-state index contributed by atoms with van der Waals surface area (Å²) in [5.74, 6) is 0.628. The predicted octanol–water partition coefficient (Wildman–Crippen LogP) is 6.12. The number of hydrogen-bond acceptors (Lipinski definition) is 4. The maximum absolute atomic E-state index is 12.4. The molecule has 4 rings (SSSR count). The van der Waals surface area contributed by atoms with E-state index in [2.05, 4.69) is 4.90 Å². The van der Waals surface area contributed by atoms with Gasteiger partial charge in [-0.1, -0.05) is 48.2 Å². The minimum absolute atomic E-state index is 0.0805. The van der Waals surface area contributed by atoms with Crippen molar-refractivity contribution < 1.29 is 4.79 Å². The molecule has 0 atom stereocenters. The highest BCUT2D eigenvalue weighted by Crippen LogP contribution is 2.47. The number of aryl methyl sites for hydroxylation is 1. The van der Waals surface area contributed by atoms with Gasteiger partial charge in [0.2, 0.25) is 0 Å². The largest absolute Gasteiger partial charge is 0.355 e. The lowest BCUT2D eigenvalue weighted by Gasteiger charge is -2.40. The van der Waals surface area contributed by atoms with Gasteiger partial charge < -0.3 is 4.90 Å². The number of piperidine rings is 1. The highest BCUT2D eigenvalue weighted by Gasteiger charge is 2.38. The summed E-state index contributed by atoms with van der Waals surface area (Å²) in [5.41, 5.74) is 3.01. The first kappa shape index (κ1) is 19.7. The smallest absolute Gasteiger partial charge is 0.181 e. The van der Waals surface area contributed by atoms with E-state index in [1.807, 2.05) is 19.1 Å². The van der Waals surface area contributed by atoms with E-state index >= 15 is 0 Å². The molecule has 0 amide bonds. The molecule has 1 aliphatic carbocycles. The highest BCUT2D eigenvalue weighted by molar-refractivity contribution is 6.43. The van der Waals surface area contributed by atoms with Crippen molar-refractivity contribution in [3.05, 3.63) is 39.6 Å². The van der Waals surface area contributed by atoms with Crippen molar-refractivity contribution in [2.75, 3.05) is 18.0 Å². The summed E-state index contributed by atoms with van der Waals surface area (Å²) in [6, 6.07) is 5.43. The van der Waals surface area contributed by atoms with E-state index in [4.69, 9.17) is 33.2 Å². The van der Waals surface area contributed by atoms with E-state index < -0.39 is 0 Å². The molecule has 148 valence electrons. The van der Waals surface area contributed by atoms with Gasteiger partial charge in [0.05, 0.1) is 21.4 Å². The van der Waals surface area contributed by atoms with E-state index in [0.29, 0.717) is 38.2 Å². The molecule has 2 fully saturated rings. The zero-order valence-electron chi connectivity index (χ0n) is 16.4. The Hall–Kier alpha value is -1.65. The minimum atomic E-state index is -0.0805. The second kappa shape index (κ2) is 7.64. The molecule has 0 bridgehead atoms. The Bertz CT molecular complexity index is 912. The number of Topliss-reactive ketones (excluding diaryl/α,β-unsaturated/α-hetero) is 1. The Labute approximate surface area is 176 Å². The second-order valence-electron chi connectivity index (χ2n) is 8.18. The molecule has 4 nitrogen and oxygen atoms in total. The number of rotatable bonds is 3. The lowest BCUT2D eigenvalue weighted by molar-refractivity contribution is 0.101. The molecular formula is C22H25Cl2N3O. The number of carbonyl (C=O) groups is 1. The molecule has 1 aromatic carbocycles. The van der Waals surface area contributed by atoms with Crippen LogP contribution in [0.1, 0.15) is 61.6 Å². The van der Waals surface area contributed by atoms with Crippen LogP contribution in [0.25, 0.3) is 11.3 Å². The maximum atomic E-state index is 12.4. The Balaban J connectivity index is 1.70. The zero-order chi connectivity index (χ0) is 19.9. The number of halogens is 2. The summed E-state index contributed by atoms with van der Waals surface area (Å²) in [4.78, 5) is 24.2. The molecule has 2 heterocycles. The van der Waals surface area contributed by atoms with Gasteiger partial charge in [-0.15, -0.1) is 0 Å². The van der Waals surface area contributed by atoms with Gasteiger partial charge in [0.1, 0.15) is 5.69 Å². The third-order valence-corrected chi connectivity index (χ3v) is 7.20. The average molecular weight is 418 g/mol. The average Bonchev–Trinajstić information content (AvgIpc) is 3.12. The fourth-order valence-corrected chi connectivity index (χ4v) is 5.11. The van der Waals surface area contributed by atoms with Gasteiger partial charge in [0.25, 0.3) is 0 Å². The molecule has 1 saturated carbocycles. The molecule has 0 radical (unpaired) electrons. The van der Waals surface area contributed by atoms with Crippen LogP contribution in [-0.4, -0.2) is 28.8 Å². The Kier molecular flexibility index (Phi) is 5.36. The zero-order valence-corrected chi connectivity index (χ0v) is 17.9. The van der Waals surface area contributed by atoms with Gasteiger partial charge >= 0.3 is 0 Å². The fraction of sp³-hybridized carbons (Fsp3) is 0.500. The van der Waals surface area contributed by atoms with Gasteiger partial charge in [-0.05, 0) is 44.1 Å². The summed E-state index contributed by atoms with van der Waals surface area (Å²) >= 11 is 12.6. The number of benzene rings is 1. The number of hydrogen-bond donors (Lipinski definition) is 0. The topological polar surface area (TPSA) is 46.1 Å². The predicted molar refractivity (Wildman–Crippen MR) is 115 cm³/mol. The lowest BCUT2D eigenvalue weighted by Crippen LogP contribution is -2.40. The molecular weight excluding hydrogens is 393 g/mol. The number of carbonyl (C=O) groups excluding carboxylic acids is 1. The summed E-state index contributed by atoms with van der Waals surface area (Å²) < 4.78 is 0. The van der Waals surface area contributed by atoms with Crippen LogP contribution < -0.4 is 4.90 Å². The molecule has 1 spiro atoms. The van der Waals surface area contributed by atoms with Crippen LogP contribution in [0.5, 0.6) is 0 Å². The molecule has 0 unspecified atom stereocenters.